The second-order valence-electron chi connectivity index (χ2n) is 10.2. The van der Waals surface area contributed by atoms with E-state index in [-0.39, 0.29) is 17.6 Å². The number of para-hydroxylation sites is 1. The average Bonchev–Trinajstić information content (AvgIpc) is 2.94. The average molecular weight is 621 g/mol. The van der Waals surface area contributed by atoms with Gasteiger partial charge in [0.05, 0.1) is 40.9 Å². The van der Waals surface area contributed by atoms with Crippen LogP contribution in [0, 0.1) is 6.92 Å². The first-order valence-electron chi connectivity index (χ1n) is 14.1. The van der Waals surface area contributed by atoms with E-state index >= 15 is 0 Å². The number of hydrogen-bond acceptors (Lipinski definition) is 6. The summed E-state index contributed by atoms with van der Waals surface area (Å²) in [6, 6.07) is 15.2. The molecule has 0 spiro atoms. The van der Waals surface area contributed by atoms with Gasteiger partial charge in [-0.2, -0.15) is 9.78 Å². The van der Waals surface area contributed by atoms with Crippen LogP contribution in [0.3, 0.4) is 0 Å². The Morgan fingerprint density at radius 3 is 2.39 bits per heavy atom. The highest BCUT2D eigenvalue weighted by Crippen LogP contribution is 2.38. The first-order valence-corrected chi connectivity index (χ1v) is 14.9. The quantitative estimate of drug-likeness (QED) is 0.158. The zero-order valence-corrected chi connectivity index (χ0v) is 26.4. The Labute approximate surface area is 250 Å². The molecule has 1 heterocycles. The third-order valence-corrected chi connectivity index (χ3v) is 7.41. The maximum atomic E-state index is 13.8. The van der Waals surface area contributed by atoms with Crippen LogP contribution < -0.4 is 19.8 Å². The molecule has 8 heteroatoms. The van der Waals surface area contributed by atoms with Crippen molar-refractivity contribution in [1.82, 2.24) is 9.66 Å². The van der Waals surface area contributed by atoms with Crippen molar-refractivity contribution in [2.45, 2.75) is 66.9 Å². The van der Waals surface area contributed by atoms with Crippen molar-refractivity contribution in [2.75, 3.05) is 13.2 Å². The molecule has 0 saturated heterocycles. The Hall–Kier alpha value is -3.65. The van der Waals surface area contributed by atoms with Crippen molar-refractivity contribution in [3.05, 3.63) is 80.0 Å². The van der Waals surface area contributed by atoms with Crippen LogP contribution in [-0.4, -0.2) is 35.2 Å². The summed E-state index contributed by atoms with van der Waals surface area (Å²) in [5, 5.41) is 5.19. The fourth-order valence-corrected chi connectivity index (χ4v) is 5.08. The fourth-order valence-electron chi connectivity index (χ4n) is 4.52. The predicted octanol–water partition coefficient (Wildman–Crippen LogP) is 8.11. The standard InChI is InChI=1S/C33H38BrN3O4/c1-8-22(7)41-31-27(34)16-23(17-30(31)40-10-3)19-35-37-32(36-28-14-12-11-13-24(28)33(37)38)26-18-25(20(4)5)29(39-9-2)15-21(26)6/h11-20,22H,8-10H2,1-7H3/t22-/m0/s1. The maximum Gasteiger partial charge on any atom is 0.282 e. The largest absolute Gasteiger partial charge is 0.494 e. The van der Waals surface area contributed by atoms with Gasteiger partial charge in [0.2, 0.25) is 0 Å². The molecule has 0 aliphatic heterocycles. The van der Waals surface area contributed by atoms with Crippen LogP contribution in [0.15, 0.2) is 62.9 Å². The molecule has 1 atom stereocenters. The minimum atomic E-state index is -0.248. The molecule has 4 rings (SSSR count). The number of rotatable bonds is 11. The molecule has 0 unspecified atom stereocenters. The third-order valence-electron chi connectivity index (χ3n) is 6.82. The molecule has 0 saturated carbocycles. The van der Waals surface area contributed by atoms with E-state index in [0.29, 0.717) is 41.4 Å². The van der Waals surface area contributed by atoms with Crippen LogP contribution in [0.1, 0.15) is 70.6 Å². The minimum Gasteiger partial charge on any atom is -0.494 e. The molecule has 0 fully saturated rings. The lowest BCUT2D eigenvalue weighted by molar-refractivity contribution is 0.202. The third kappa shape index (κ3) is 6.64. The van der Waals surface area contributed by atoms with E-state index in [9.17, 15) is 4.79 Å². The maximum absolute atomic E-state index is 13.8. The summed E-state index contributed by atoms with van der Waals surface area (Å²) in [5.41, 5.74) is 3.93. The predicted molar refractivity (Wildman–Crippen MR) is 170 cm³/mol. The Kier molecular flexibility index (Phi) is 9.86. The van der Waals surface area contributed by atoms with Gasteiger partial charge in [0, 0.05) is 5.56 Å². The molecule has 0 aliphatic rings. The summed E-state index contributed by atoms with van der Waals surface area (Å²) >= 11 is 3.64. The Morgan fingerprint density at radius 1 is 1.00 bits per heavy atom. The van der Waals surface area contributed by atoms with Crippen LogP contribution in [-0.2, 0) is 0 Å². The molecule has 0 N–H and O–H groups in total. The van der Waals surface area contributed by atoms with Crippen molar-refractivity contribution < 1.29 is 14.2 Å². The van der Waals surface area contributed by atoms with E-state index in [2.05, 4.69) is 42.8 Å². The highest BCUT2D eigenvalue weighted by atomic mass is 79.9. The molecule has 1 aromatic heterocycles. The number of aromatic nitrogens is 2. The highest BCUT2D eigenvalue weighted by Gasteiger charge is 2.19. The van der Waals surface area contributed by atoms with Gasteiger partial charge in [-0.05, 0) is 109 Å². The number of aryl methyl sites for hydroxylation is 1. The zero-order valence-electron chi connectivity index (χ0n) is 24.8. The summed E-state index contributed by atoms with van der Waals surface area (Å²) in [6.07, 6.45) is 2.54. The molecule has 0 amide bonds. The molecule has 216 valence electrons. The summed E-state index contributed by atoms with van der Waals surface area (Å²) in [5.74, 6) is 2.78. The van der Waals surface area contributed by atoms with E-state index in [1.807, 2.05) is 64.1 Å². The van der Waals surface area contributed by atoms with Gasteiger partial charge in [-0.3, -0.25) is 4.79 Å². The van der Waals surface area contributed by atoms with Crippen LogP contribution in [0.25, 0.3) is 22.3 Å². The Balaban J connectivity index is 1.91. The summed E-state index contributed by atoms with van der Waals surface area (Å²) in [6.45, 7) is 15.3. The lowest BCUT2D eigenvalue weighted by Gasteiger charge is -2.19. The first kappa shape index (κ1) is 30.3. The van der Waals surface area contributed by atoms with E-state index in [0.717, 1.165) is 38.9 Å². The fraction of sp³-hybridized carbons (Fsp3) is 0.364. The minimum absolute atomic E-state index is 0.0305. The molecular weight excluding hydrogens is 582 g/mol. The molecular formula is C33H38BrN3O4. The first-order chi connectivity index (χ1) is 19.7. The number of halogens is 1. The number of nitrogens with zero attached hydrogens (tertiary/aromatic N) is 3. The highest BCUT2D eigenvalue weighted by molar-refractivity contribution is 9.10. The van der Waals surface area contributed by atoms with E-state index in [1.54, 1.807) is 12.3 Å². The van der Waals surface area contributed by atoms with Crippen LogP contribution >= 0.6 is 15.9 Å². The summed E-state index contributed by atoms with van der Waals surface area (Å²) < 4.78 is 20.1. The van der Waals surface area contributed by atoms with Crippen molar-refractivity contribution in [2.24, 2.45) is 5.10 Å². The number of benzene rings is 3. The number of fused-ring (bicyclic) bond motifs is 1. The number of hydrogen-bond donors (Lipinski definition) is 0. The zero-order chi connectivity index (χ0) is 29.7. The van der Waals surface area contributed by atoms with E-state index in [1.165, 1.54) is 4.68 Å². The van der Waals surface area contributed by atoms with Gasteiger partial charge in [-0.25, -0.2) is 4.98 Å². The van der Waals surface area contributed by atoms with Crippen molar-refractivity contribution in [3.8, 4) is 28.6 Å². The number of ether oxygens (including phenoxy) is 3. The Bertz CT molecular complexity index is 1630. The van der Waals surface area contributed by atoms with Crippen molar-refractivity contribution in [3.63, 3.8) is 0 Å². The van der Waals surface area contributed by atoms with Crippen LogP contribution in [0.2, 0.25) is 0 Å². The van der Waals surface area contributed by atoms with Gasteiger partial charge < -0.3 is 14.2 Å². The smallest absolute Gasteiger partial charge is 0.282 e. The molecule has 3 aromatic carbocycles. The molecule has 41 heavy (non-hydrogen) atoms. The second-order valence-corrected chi connectivity index (χ2v) is 11.1. The summed E-state index contributed by atoms with van der Waals surface area (Å²) in [7, 11) is 0. The Morgan fingerprint density at radius 2 is 1.71 bits per heavy atom. The topological polar surface area (TPSA) is 74.9 Å². The van der Waals surface area contributed by atoms with Gasteiger partial charge in [-0.15, -0.1) is 0 Å². The van der Waals surface area contributed by atoms with Crippen LogP contribution in [0.5, 0.6) is 17.2 Å². The lowest BCUT2D eigenvalue weighted by Crippen LogP contribution is -2.21. The SMILES string of the molecule is CCOc1cc(C)c(-c2nc3ccccc3c(=O)n2N=Cc2cc(Br)c(O[C@@H](C)CC)c(OCC)c2)cc1C(C)C. The molecule has 0 aliphatic carbocycles. The van der Waals surface area contributed by atoms with Crippen molar-refractivity contribution >= 4 is 33.0 Å². The summed E-state index contributed by atoms with van der Waals surface area (Å²) in [4.78, 5) is 18.7. The van der Waals surface area contributed by atoms with Gasteiger partial charge in [0.15, 0.2) is 17.3 Å². The molecule has 0 bridgehead atoms. The van der Waals surface area contributed by atoms with Gasteiger partial charge in [0.1, 0.15) is 5.75 Å². The molecule has 4 aromatic rings. The van der Waals surface area contributed by atoms with Gasteiger partial charge in [0.25, 0.3) is 5.56 Å². The van der Waals surface area contributed by atoms with E-state index in [4.69, 9.17) is 24.3 Å². The lowest BCUT2D eigenvalue weighted by atomic mass is 9.96. The normalized spacial score (nSPS) is 12.3. The van der Waals surface area contributed by atoms with E-state index < -0.39 is 0 Å². The van der Waals surface area contributed by atoms with Crippen LogP contribution in [0.4, 0.5) is 0 Å². The van der Waals surface area contributed by atoms with Gasteiger partial charge >= 0.3 is 0 Å². The molecule has 0 radical (unpaired) electrons. The van der Waals surface area contributed by atoms with Gasteiger partial charge in [-0.1, -0.05) is 32.9 Å². The monoisotopic (exact) mass is 619 g/mol. The second kappa shape index (κ2) is 13.3. The molecule has 7 nitrogen and oxygen atoms in total. The van der Waals surface area contributed by atoms with Crippen molar-refractivity contribution in [1.29, 1.82) is 0 Å².